The number of hydrogen-bond acceptors (Lipinski definition) is 2. The normalized spacial score (nSPS) is 12.0. The molecule has 0 spiro atoms. The molecule has 6 heteroatoms. The van der Waals surface area contributed by atoms with Crippen LogP contribution in [0.25, 0.3) is 0 Å². The van der Waals surface area contributed by atoms with E-state index in [1.54, 1.807) is 26.1 Å². The van der Waals surface area contributed by atoms with Gasteiger partial charge >= 0.3 is 5.97 Å². The van der Waals surface area contributed by atoms with Gasteiger partial charge in [0, 0.05) is 22.5 Å². The van der Waals surface area contributed by atoms with E-state index in [1.165, 1.54) is 4.90 Å². The molecule has 0 bridgehead atoms. The van der Waals surface area contributed by atoms with Crippen LogP contribution in [0.1, 0.15) is 17.3 Å². The fourth-order valence-electron chi connectivity index (χ4n) is 1.44. The number of carbonyl (C=O) groups excluding carboxylic acids is 1. The average Bonchev–Trinajstić information content (AvgIpc) is 2.31. The molecule has 98 valence electrons. The van der Waals surface area contributed by atoms with Crippen molar-refractivity contribution in [1.82, 2.24) is 4.90 Å². The van der Waals surface area contributed by atoms with Gasteiger partial charge in [-0.25, -0.2) is 0 Å². The van der Waals surface area contributed by atoms with Gasteiger partial charge in [0.25, 0.3) is 5.91 Å². The van der Waals surface area contributed by atoms with Crippen molar-refractivity contribution in [2.45, 2.75) is 6.92 Å². The van der Waals surface area contributed by atoms with E-state index in [-0.39, 0.29) is 12.5 Å². The summed E-state index contributed by atoms with van der Waals surface area (Å²) in [4.78, 5) is 24.3. The van der Waals surface area contributed by atoms with Crippen LogP contribution in [-0.2, 0) is 4.79 Å². The van der Waals surface area contributed by atoms with Gasteiger partial charge in [-0.15, -0.1) is 0 Å². The minimum Gasteiger partial charge on any atom is -0.481 e. The number of nitrogens with zero attached hydrogens (tertiary/aromatic N) is 1. The number of rotatable bonds is 4. The molecule has 0 aromatic heterocycles. The summed E-state index contributed by atoms with van der Waals surface area (Å²) in [5.41, 5.74) is 0.504. The first-order valence-corrected chi connectivity index (χ1v) is 6.85. The van der Waals surface area contributed by atoms with Gasteiger partial charge in [0.2, 0.25) is 0 Å². The molecule has 0 aliphatic heterocycles. The fraction of sp³-hybridized carbons (Fsp3) is 0.333. The summed E-state index contributed by atoms with van der Waals surface area (Å²) in [5.74, 6) is -1.72. The van der Waals surface area contributed by atoms with Crippen molar-refractivity contribution in [2.75, 3.05) is 13.6 Å². The molecule has 1 atom stereocenters. The molecule has 1 unspecified atom stereocenters. The van der Waals surface area contributed by atoms with Gasteiger partial charge < -0.3 is 10.0 Å². The quantitative estimate of drug-likeness (QED) is 0.876. The van der Waals surface area contributed by atoms with Crippen molar-refractivity contribution >= 4 is 43.7 Å². The second-order valence-electron chi connectivity index (χ2n) is 4.05. The number of halogens is 2. The van der Waals surface area contributed by atoms with E-state index in [0.717, 1.165) is 4.47 Å². The van der Waals surface area contributed by atoms with Crippen molar-refractivity contribution in [3.05, 3.63) is 32.7 Å². The van der Waals surface area contributed by atoms with Gasteiger partial charge in [-0.1, -0.05) is 22.9 Å². The first kappa shape index (κ1) is 15.2. The molecular formula is C12H13Br2NO3. The zero-order chi connectivity index (χ0) is 13.9. The largest absolute Gasteiger partial charge is 0.481 e. The lowest BCUT2D eigenvalue weighted by atomic mass is 10.1. The molecule has 1 amide bonds. The molecule has 0 fully saturated rings. The molecule has 1 aromatic rings. The maximum absolute atomic E-state index is 12.2. The molecule has 1 rings (SSSR count). The Morgan fingerprint density at radius 1 is 1.39 bits per heavy atom. The molecule has 0 radical (unpaired) electrons. The van der Waals surface area contributed by atoms with Crippen LogP contribution in [0, 0.1) is 5.92 Å². The number of benzene rings is 1. The van der Waals surface area contributed by atoms with Crippen LogP contribution >= 0.6 is 31.9 Å². The van der Waals surface area contributed by atoms with Crippen LogP contribution in [-0.4, -0.2) is 35.5 Å². The van der Waals surface area contributed by atoms with Crippen molar-refractivity contribution in [3.63, 3.8) is 0 Å². The Balaban J connectivity index is 2.86. The SMILES string of the molecule is CC(CN(C)C(=O)c1cc(Br)ccc1Br)C(=O)O. The van der Waals surface area contributed by atoms with E-state index in [9.17, 15) is 9.59 Å². The summed E-state index contributed by atoms with van der Waals surface area (Å²) >= 11 is 6.61. The minimum atomic E-state index is -0.914. The summed E-state index contributed by atoms with van der Waals surface area (Å²) in [6.45, 7) is 1.75. The number of aliphatic carboxylic acids is 1. The molecule has 1 aromatic carbocycles. The molecule has 0 saturated carbocycles. The number of carbonyl (C=O) groups is 2. The van der Waals surface area contributed by atoms with Crippen LogP contribution in [0.15, 0.2) is 27.1 Å². The lowest BCUT2D eigenvalue weighted by molar-refractivity contribution is -0.141. The van der Waals surface area contributed by atoms with Crippen LogP contribution in [0.2, 0.25) is 0 Å². The Kier molecular flexibility index (Phi) is 5.34. The van der Waals surface area contributed by atoms with Crippen LogP contribution in [0.3, 0.4) is 0 Å². The number of carboxylic acids is 1. The Morgan fingerprint density at radius 3 is 2.56 bits per heavy atom. The van der Waals surface area contributed by atoms with Gasteiger partial charge in [0.05, 0.1) is 11.5 Å². The van der Waals surface area contributed by atoms with Crippen molar-refractivity contribution in [1.29, 1.82) is 0 Å². The minimum absolute atomic E-state index is 0.174. The molecule has 1 N–H and O–H groups in total. The number of amides is 1. The second-order valence-corrected chi connectivity index (χ2v) is 5.82. The smallest absolute Gasteiger partial charge is 0.308 e. The van der Waals surface area contributed by atoms with Gasteiger partial charge in [0.15, 0.2) is 0 Å². The summed E-state index contributed by atoms with van der Waals surface area (Å²) < 4.78 is 1.49. The molecular weight excluding hydrogens is 366 g/mol. The summed E-state index contributed by atoms with van der Waals surface area (Å²) in [5, 5.41) is 8.83. The van der Waals surface area contributed by atoms with Crippen molar-refractivity contribution in [2.24, 2.45) is 5.92 Å². The highest BCUT2D eigenvalue weighted by Crippen LogP contribution is 2.22. The molecule has 0 heterocycles. The Bertz CT molecular complexity index is 476. The van der Waals surface area contributed by atoms with E-state index in [2.05, 4.69) is 31.9 Å². The first-order valence-electron chi connectivity index (χ1n) is 5.26. The lowest BCUT2D eigenvalue weighted by Gasteiger charge is -2.20. The van der Waals surface area contributed by atoms with E-state index in [1.807, 2.05) is 6.07 Å². The Hall–Kier alpha value is -0.880. The third kappa shape index (κ3) is 3.81. The average molecular weight is 379 g/mol. The summed E-state index contributed by atoms with van der Waals surface area (Å²) in [6, 6.07) is 5.29. The molecule has 0 saturated heterocycles. The topological polar surface area (TPSA) is 57.6 Å². The van der Waals surface area contributed by atoms with E-state index < -0.39 is 11.9 Å². The van der Waals surface area contributed by atoms with E-state index in [4.69, 9.17) is 5.11 Å². The molecule has 18 heavy (non-hydrogen) atoms. The third-order valence-corrected chi connectivity index (χ3v) is 3.66. The Morgan fingerprint density at radius 2 is 2.00 bits per heavy atom. The fourth-order valence-corrected chi connectivity index (χ4v) is 2.22. The number of hydrogen-bond donors (Lipinski definition) is 1. The van der Waals surface area contributed by atoms with Crippen LogP contribution < -0.4 is 0 Å². The van der Waals surface area contributed by atoms with Crippen LogP contribution in [0.5, 0.6) is 0 Å². The predicted octanol–water partition coefficient (Wildman–Crippen LogP) is 3.00. The zero-order valence-corrected chi connectivity index (χ0v) is 13.2. The van der Waals surface area contributed by atoms with Gasteiger partial charge in [-0.2, -0.15) is 0 Å². The first-order chi connectivity index (χ1) is 8.32. The van der Waals surface area contributed by atoms with Crippen LogP contribution in [0.4, 0.5) is 0 Å². The monoisotopic (exact) mass is 377 g/mol. The summed E-state index contributed by atoms with van der Waals surface area (Å²) in [7, 11) is 1.59. The molecule has 0 aliphatic carbocycles. The molecule has 4 nitrogen and oxygen atoms in total. The van der Waals surface area contributed by atoms with Crippen molar-refractivity contribution < 1.29 is 14.7 Å². The third-order valence-electron chi connectivity index (χ3n) is 2.47. The lowest BCUT2D eigenvalue weighted by Crippen LogP contribution is -2.33. The van der Waals surface area contributed by atoms with Gasteiger partial charge in [-0.3, -0.25) is 9.59 Å². The molecule has 0 aliphatic rings. The van der Waals surface area contributed by atoms with E-state index >= 15 is 0 Å². The maximum Gasteiger partial charge on any atom is 0.308 e. The summed E-state index contributed by atoms with van der Waals surface area (Å²) in [6.07, 6.45) is 0. The highest BCUT2D eigenvalue weighted by Gasteiger charge is 2.20. The number of carboxylic acid groups (broad SMARTS) is 1. The Labute approximate surface area is 122 Å². The van der Waals surface area contributed by atoms with Gasteiger partial charge in [-0.05, 0) is 34.1 Å². The highest BCUT2D eigenvalue weighted by atomic mass is 79.9. The second kappa shape index (κ2) is 6.33. The standard InChI is InChI=1S/C12H13Br2NO3/c1-7(12(17)18)6-15(2)11(16)9-5-8(13)3-4-10(9)14/h3-5,7H,6H2,1-2H3,(H,17,18). The van der Waals surface area contributed by atoms with Crippen molar-refractivity contribution in [3.8, 4) is 0 Å². The predicted molar refractivity (Wildman–Crippen MR) is 75.6 cm³/mol. The van der Waals surface area contributed by atoms with E-state index in [0.29, 0.717) is 10.0 Å². The maximum atomic E-state index is 12.2. The zero-order valence-electron chi connectivity index (χ0n) is 9.98. The van der Waals surface area contributed by atoms with Gasteiger partial charge in [0.1, 0.15) is 0 Å². The highest BCUT2D eigenvalue weighted by molar-refractivity contribution is 9.11.